The highest BCUT2D eigenvalue weighted by Gasteiger charge is 2.10. The minimum atomic E-state index is -0.964. The number of carboxylic acid groups (broad SMARTS) is 1. The summed E-state index contributed by atoms with van der Waals surface area (Å²) >= 11 is 0. The Hall–Kier alpha value is -1.88. The Morgan fingerprint density at radius 2 is 2.26 bits per heavy atom. The van der Waals surface area contributed by atoms with Gasteiger partial charge in [0.25, 0.3) is 0 Å². The topological polar surface area (TPSA) is 64.3 Å². The van der Waals surface area contributed by atoms with Crippen molar-refractivity contribution in [3.63, 3.8) is 0 Å². The minimum Gasteiger partial charge on any atom is -0.480 e. The highest BCUT2D eigenvalue weighted by atomic mass is 16.5. The summed E-state index contributed by atoms with van der Waals surface area (Å²) in [5.74, 6) is -0.183. The first-order valence-electron chi connectivity index (χ1n) is 6.37. The van der Waals surface area contributed by atoms with E-state index in [-0.39, 0.29) is 13.2 Å². The molecule has 0 aliphatic heterocycles. The molecule has 102 valence electrons. The van der Waals surface area contributed by atoms with E-state index in [9.17, 15) is 4.79 Å². The highest BCUT2D eigenvalue weighted by Crippen LogP contribution is 2.19. The molecule has 1 aromatic heterocycles. The molecular weight excluding hydrogens is 244 g/mol. The van der Waals surface area contributed by atoms with Gasteiger partial charge in [-0.15, -0.1) is 0 Å². The third-order valence-corrected chi connectivity index (χ3v) is 2.89. The van der Waals surface area contributed by atoms with Crippen LogP contribution in [0, 0.1) is 6.92 Å². The maximum Gasteiger partial charge on any atom is 0.329 e. The largest absolute Gasteiger partial charge is 0.480 e. The van der Waals surface area contributed by atoms with Crippen LogP contribution in [0.25, 0.3) is 11.0 Å². The summed E-state index contributed by atoms with van der Waals surface area (Å²) in [5, 5.41) is 8.59. The second-order valence-corrected chi connectivity index (χ2v) is 4.56. The summed E-state index contributed by atoms with van der Waals surface area (Å²) in [4.78, 5) is 15.0. The summed E-state index contributed by atoms with van der Waals surface area (Å²) in [5.41, 5.74) is 3.16. The zero-order valence-electron chi connectivity index (χ0n) is 11.2. The number of hydrogen-bond acceptors (Lipinski definition) is 3. The average molecular weight is 262 g/mol. The van der Waals surface area contributed by atoms with Crippen LogP contribution >= 0.6 is 0 Å². The zero-order chi connectivity index (χ0) is 13.8. The Morgan fingerprint density at radius 1 is 1.47 bits per heavy atom. The van der Waals surface area contributed by atoms with Crippen molar-refractivity contribution >= 4 is 17.0 Å². The molecule has 2 rings (SSSR count). The van der Waals surface area contributed by atoms with Crippen LogP contribution in [-0.4, -0.2) is 27.2 Å². The van der Waals surface area contributed by atoms with E-state index in [0.29, 0.717) is 0 Å². The predicted octanol–water partition coefficient (Wildman–Crippen LogP) is 2.36. The molecule has 0 radical (unpaired) electrons. The number of nitrogens with zero attached hydrogens (tertiary/aromatic N) is 2. The predicted molar refractivity (Wildman–Crippen MR) is 72.1 cm³/mol. The van der Waals surface area contributed by atoms with E-state index in [1.807, 2.05) is 19.1 Å². The first kappa shape index (κ1) is 13.5. The van der Waals surface area contributed by atoms with Crippen LogP contribution in [-0.2, 0) is 22.7 Å². The smallest absolute Gasteiger partial charge is 0.329 e. The monoisotopic (exact) mass is 262 g/mol. The molecule has 0 aliphatic rings. The van der Waals surface area contributed by atoms with Gasteiger partial charge < -0.3 is 14.4 Å². The molecule has 5 heteroatoms. The van der Waals surface area contributed by atoms with Crippen LogP contribution in [0.2, 0.25) is 0 Å². The Morgan fingerprint density at radius 3 is 2.95 bits per heavy atom. The van der Waals surface area contributed by atoms with E-state index in [1.165, 1.54) is 0 Å². The van der Waals surface area contributed by atoms with Gasteiger partial charge in [-0.05, 0) is 31.0 Å². The summed E-state index contributed by atoms with van der Waals surface area (Å²) < 4.78 is 7.24. The van der Waals surface area contributed by atoms with Gasteiger partial charge in [0.1, 0.15) is 19.0 Å². The number of hydrogen-bond donors (Lipinski definition) is 1. The summed E-state index contributed by atoms with van der Waals surface area (Å²) in [6, 6.07) is 6.13. The van der Waals surface area contributed by atoms with Gasteiger partial charge in [-0.25, -0.2) is 9.78 Å². The van der Waals surface area contributed by atoms with Gasteiger partial charge in [0, 0.05) is 6.54 Å². The number of imidazole rings is 1. The second kappa shape index (κ2) is 5.84. The SMILES string of the molecule is CCCn1c(COCC(=O)O)nc2cc(C)ccc21. The van der Waals surface area contributed by atoms with Crippen LogP contribution in [0.1, 0.15) is 24.7 Å². The lowest BCUT2D eigenvalue weighted by Gasteiger charge is -2.07. The second-order valence-electron chi connectivity index (χ2n) is 4.56. The van der Waals surface area contributed by atoms with Crippen molar-refractivity contribution in [1.82, 2.24) is 9.55 Å². The van der Waals surface area contributed by atoms with Crippen molar-refractivity contribution in [2.45, 2.75) is 33.4 Å². The quantitative estimate of drug-likeness (QED) is 0.868. The molecule has 0 fully saturated rings. The van der Waals surface area contributed by atoms with Crippen LogP contribution in [0.5, 0.6) is 0 Å². The number of aromatic nitrogens is 2. The Balaban J connectivity index is 2.30. The number of benzene rings is 1. The molecule has 19 heavy (non-hydrogen) atoms. The number of fused-ring (bicyclic) bond motifs is 1. The van der Waals surface area contributed by atoms with Gasteiger partial charge in [0.15, 0.2) is 0 Å². The fourth-order valence-electron chi connectivity index (χ4n) is 2.10. The van der Waals surface area contributed by atoms with Crippen molar-refractivity contribution in [3.8, 4) is 0 Å². The Kier molecular flexibility index (Phi) is 4.16. The number of carboxylic acids is 1. The molecule has 0 amide bonds. The van der Waals surface area contributed by atoms with Crippen molar-refractivity contribution in [1.29, 1.82) is 0 Å². The van der Waals surface area contributed by atoms with E-state index in [4.69, 9.17) is 9.84 Å². The standard InChI is InChI=1S/C14H18N2O3/c1-3-6-16-12-5-4-10(2)7-11(12)15-13(16)8-19-9-14(17)18/h4-5,7H,3,6,8-9H2,1-2H3,(H,17,18). The lowest BCUT2D eigenvalue weighted by atomic mass is 10.2. The molecule has 0 bridgehead atoms. The lowest BCUT2D eigenvalue weighted by Crippen LogP contribution is -2.10. The van der Waals surface area contributed by atoms with Crippen LogP contribution in [0.3, 0.4) is 0 Å². The minimum absolute atomic E-state index is 0.222. The molecule has 1 heterocycles. The van der Waals surface area contributed by atoms with E-state index in [0.717, 1.165) is 35.4 Å². The molecule has 0 aliphatic carbocycles. The zero-order valence-corrected chi connectivity index (χ0v) is 11.2. The van der Waals surface area contributed by atoms with E-state index in [1.54, 1.807) is 0 Å². The van der Waals surface area contributed by atoms with Gasteiger partial charge in [-0.3, -0.25) is 0 Å². The highest BCUT2D eigenvalue weighted by molar-refractivity contribution is 5.76. The van der Waals surface area contributed by atoms with E-state index in [2.05, 4.69) is 22.5 Å². The van der Waals surface area contributed by atoms with Crippen LogP contribution in [0.15, 0.2) is 18.2 Å². The molecule has 0 unspecified atom stereocenters. The number of rotatable bonds is 6. The molecule has 0 saturated heterocycles. The first-order valence-corrected chi connectivity index (χ1v) is 6.37. The first-order chi connectivity index (χ1) is 9.11. The molecule has 0 spiro atoms. The van der Waals surface area contributed by atoms with Crippen LogP contribution < -0.4 is 0 Å². The normalized spacial score (nSPS) is 11.1. The summed E-state index contributed by atoms with van der Waals surface area (Å²) in [7, 11) is 0. The summed E-state index contributed by atoms with van der Waals surface area (Å²) in [6.45, 7) is 4.90. The van der Waals surface area contributed by atoms with Crippen molar-refractivity contribution in [2.24, 2.45) is 0 Å². The third-order valence-electron chi connectivity index (χ3n) is 2.89. The third kappa shape index (κ3) is 3.12. The number of carbonyl (C=O) groups is 1. The molecule has 0 atom stereocenters. The molecular formula is C14H18N2O3. The number of aliphatic carboxylic acids is 1. The van der Waals surface area contributed by atoms with Crippen molar-refractivity contribution in [3.05, 3.63) is 29.6 Å². The average Bonchev–Trinajstić information content (AvgIpc) is 2.67. The number of ether oxygens (including phenoxy) is 1. The van der Waals surface area contributed by atoms with Gasteiger partial charge in [-0.2, -0.15) is 0 Å². The van der Waals surface area contributed by atoms with Crippen LogP contribution in [0.4, 0.5) is 0 Å². The molecule has 1 aromatic carbocycles. The maximum atomic E-state index is 10.5. The fraction of sp³-hybridized carbons (Fsp3) is 0.429. The molecule has 2 aromatic rings. The summed E-state index contributed by atoms with van der Waals surface area (Å²) in [6.07, 6.45) is 0.991. The molecule has 0 saturated carbocycles. The van der Waals surface area contributed by atoms with E-state index < -0.39 is 5.97 Å². The molecule has 1 N–H and O–H groups in total. The van der Waals surface area contributed by atoms with Gasteiger partial charge >= 0.3 is 5.97 Å². The van der Waals surface area contributed by atoms with E-state index >= 15 is 0 Å². The Labute approximate surface area is 111 Å². The van der Waals surface area contributed by atoms with Gasteiger partial charge in [-0.1, -0.05) is 13.0 Å². The van der Waals surface area contributed by atoms with Gasteiger partial charge in [0.05, 0.1) is 11.0 Å². The Bertz CT molecular complexity index is 590. The molecule has 5 nitrogen and oxygen atoms in total. The number of aryl methyl sites for hydroxylation is 2. The van der Waals surface area contributed by atoms with Gasteiger partial charge in [0.2, 0.25) is 0 Å². The fourth-order valence-corrected chi connectivity index (χ4v) is 2.10. The van der Waals surface area contributed by atoms with Crippen molar-refractivity contribution in [2.75, 3.05) is 6.61 Å². The lowest BCUT2D eigenvalue weighted by molar-refractivity contribution is -0.142. The maximum absolute atomic E-state index is 10.5. The van der Waals surface area contributed by atoms with Crippen molar-refractivity contribution < 1.29 is 14.6 Å².